The number of nitrogen functional groups attached to an aromatic ring is 1. The maximum atomic E-state index is 9.00. The molecule has 31 heavy (non-hydrogen) atoms. The van der Waals surface area contributed by atoms with Crippen molar-refractivity contribution in [1.82, 2.24) is 4.98 Å². The number of carboxylic acid groups (broad SMARTS) is 1. The van der Waals surface area contributed by atoms with Gasteiger partial charge in [-0.25, -0.2) is 0 Å². The summed E-state index contributed by atoms with van der Waals surface area (Å²) in [7, 11) is 0. The summed E-state index contributed by atoms with van der Waals surface area (Å²) in [6.45, 7) is 1.60. The first-order valence-electron chi connectivity index (χ1n) is 9.64. The third-order valence-electron chi connectivity index (χ3n) is 4.24. The van der Waals surface area contributed by atoms with E-state index in [1.807, 2.05) is 66.9 Å². The molecule has 0 atom stereocenters. The van der Waals surface area contributed by atoms with E-state index in [4.69, 9.17) is 20.4 Å². The van der Waals surface area contributed by atoms with Gasteiger partial charge in [0.15, 0.2) is 0 Å². The maximum absolute atomic E-state index is 9.00. The highest BCUT2D eigenvalue weighted by Crippen LogP contribution is 2.28. The van der Waals surface area contributed by atoms with Crippen LogP contribution in [0.5, 0.6) is 5.75 Å². The van der Waals surface area contributed by atoms with Gasteiger partial charge in [-0.1, -0.05) is 36.4 Å². The lowest BCUT2D eigenvalue weighted by Crippen LogP contribution is -1.96. The molecular weight excluding hydrogens is 392 g/mol. The molecule has 0 amide bonds. The monoisotopic (exact) mass is 416 g/mol. The summed E-state index contributed by atoms with van der Waals surface area (Å²) >= 11 is 0. The van der Waals surface area contributed by atoms with Crippen molar-refractivity contribution in [3.05, 3.63) is 90.1 Å². The van der Waals surface area contributed by atoms with Crippen molar-refractivity contribution in [2.45, 2.75) is 13.5 Å². The molecule has 0 spiro atoms. The Morgan fingerprint density at radius 1 is 1.10 bits per heavy atom. The number of anilines is 2. The number of ether oxygens (including phenoxy) is 1. The fraction of sp³-hybridized carbons (Fsp3) is 0.0833. The molecule has 3 aromatic carbocycles. The van der Waals surface area contributed by atoms with Gasteiger partial charge in [-0.3, -0.25) is 10.2 Å². The highest BCUT2D eigenvalue weighted by molar-refractivity contribution is 6.02. The van der Waals surface area contributed by atoms with E-state index in [1.54, 1.807) is 6.21 Å². The van der Waals surface area contributed by atoms with E-state index < -0.39 is 5.97 Å². The molecule has 0 aliphatic carbocycles. The number of rotatable bonds is 6. The molecule has 1 heterocycles. The SMILES string of the molecule is CC(=O)O.Nc1ccc(N/N=C/c2c[nH]c3cccc(OCc4ccccc4)c23)cc1. The molecule has 4 rings (SSSR count). The van der Waals surface area contributed by atoms with Crippen LogP contribution in [0.2, 0.25) is 0 Å². The predicted molar refractivity (Wildman–Crippen MR) is 124 cm³/mol. The second-order valence-corrected chi connectivity index (χ2v) is 6.71. The number of carboxylic acids is 1. The molecule has 4 aromatic rings. The van der Waals surface area contributed by atoms with Crippen LogP contribution >= 0.6 is 0 Å². The second-order valence-electron chi connectivity index (χ2n) is 6.71. The molecule has 7 heteroatoms. The molecule has 0 aliphatic heterocycles. The Labute approximate surface area is 180 Å². The Kier molecular flexibility index (Phi) is 7.26. The zero-order chi connectivity index (χ0) is 22.1. The van der Waals surface area contributed by atoms with Crippen molar-refractivity contribution in [2.24, 2.45) is 5.10 Å². The number of hydrogen-bond donors (Lipinski definition) is 4. The lowest BCUT2D eigenvalue weighted by molar-refractivity contribution is -0.134. The number of hydrogen-bond acceptors (Lipinski definition) is 5. The van der Waals surface area contributed by atoms with Gasteiger partial charge < -0.3 is 20.6 Å². The van der Waals surface area contributed by atoms with Crippen LogP contribution in [0.3, 0.4) is 0 Å². The Hall–Kier alpha value is -4.26. The van der Waals surface area contributed by atoms with E-state index in [0.717, 1.165) is 46.1 Å². The number of aliphatic carboxylic acids is 1. The van der Waals surface area contributed by atoms with Crippen LogP contribution in [-0.2, 0) is 11.4 Å². The number of nitrogens with two attached hydrogens (primary N) is 1. The molecule has 0 saturated carbocycles. The number of benzene rings is 3. The average molecular weight is 416 g/mol. The second kappa shape index (κ2) is 10.5. The van der Waals surface area contributed by atoms with Crippen molar-refractivity contribution in [1.29, 1.82) is 0 Å². The molecule has 0 unspecified atom stereocenters. The van der Waals surface area contributed by atoms with Crippen LogP contribution in [0.25, 0.3) is 10.9 Å². The molecule has 0 saturated heterocycles. The predicted octanol–water partition coefficient (Wildman–Crippen LogP) is 4.87. The fourth-order valence-electron chi connectivity index (χ4n) is 2.87. The van der Waals surface area contributed by atoms with Crippen molar-refractivity contribution in [3.8, 4) is 5.75 Å². The van der Waals surface area contributed by atoms with E-state index in [9.17, 15) is 0 Å². The number of aromatic amines is 1. The molecule has 158 valence electrons. The van der Waals surface area contributed by atoms with Crippen molar-refractivity contribution in [2.75, 3.05) is 11.2 Å². The van der Waals surface area contributed by atoms with Crippen molar-refractivity contribution in [3.63, 3.8) is 0 Å². The number of H-pyrrole nitrogens is 1. The standard InChI is InChI=1S/C22H20N4O.C2H4O2/c23-18-9-11-19(12-10-18)26-25-14-17-13-24-20-7-4-8-21(22(17)20)27-15-16-5-2-1-3-6-16;1-2(3)4/h1-14,24,26H,15,23H2;1H3,(H,3,4)/b25-14+;. The van der Waals surface area contributed by atoms with Crippen LogP contribution < -0.4 is 15.9 Å². The van der Waals surface area contributed by atoms with Gasteiger partial charge in [-0.2, -0.15) is 5.10 Å². The Morgan fingerprint density at radius 3 is 2.52 bits per heavy atom. The van der Waals surface area contributed by atoms with Gasteiger partial charge in [0.1, 0.15) is 12.4 Å². The normalized spacial score (nSPS) is 10.5. The molecule has 0 bridgehead atoms. The summed E-state index contributed by atoms with van der Waals surface area (Å²) < 4.78 is 6.07. The van der Waals surface area contributed by atoms with Gasteiger partial charge in [0.2, 0.25) is 0 Å². The lowest BCUT2D eigenvalue weighted by atomic mass is 10.1. The summed E-state index contributed by atoms with van der Waals surface area (Å²) in [5.41, 5.74) is 13.4. The van der Waals surface area contributed by atoms with E-state index >= 15 is 0 Å². The van der Waals surface area contributed by atoms with Gasteiger partial charge in [0, 0.05) is 29.9 Å². The average Bonchev–Trinajstić information content (AvgIpc) is 3.18. The Bertz CT molecular complexity index is 1150. The molecule has 1 aromatic heterocycles. The minimum absolute atomic E-state index is 0.519. The largest absolute Gasteiger partial charge is 0.488 e. The van der Waals surface area contributed by atoms with Crippen LogP contribution in [0, 0.1) is 0 Å². The highest BCUT2D eigenvalue weighted by Gasteiger charge is 2.08. The van der Waals surface area contributed by atoms with Gasteiger partial charge in [0.25, 0.3) is 5.97 Å². The topological polar surface area (TPSA) is 113 Å². The summed E-state index contributed by atoms with van der Waals surface area (Å²) in [5.74, 6) is -0.00784. The Balaban J connectivity index is 0.000000628. The number of nitrogens with zero attached hydrogens (tertiary/aromatic N) is 1. The molecule has 7 nitrogen and oxygen atoms in total. The van der Waals surface area contributed by atoms with E-state index in [0.29, 0.717) is 6.61 Å². The summed E-state index contributed by atoms with van der Waals surface area (Å²) in [5, 5.41) is 12.8. The highest BCUT2D eigenvalue weighted by atomic mass is 16.5. The van der Waals surface area contributed by atoms with Gasteiger partial charge in [-0.15, -0.1) is 0 Å². The third-order valence-corrected chi connectivity index (χ3v) is 4.24. The number of nitrogens with one attached hydrogen (secondary N) is 2. The minimum atomic E-state index is -0.833. The number of aromatic nitrogens is 1. The van der Waals surface area contributed by atoms with E-state index in [1.165, 1.54) is 0 Å². The van der Waals surface area contributed by atoms with Crippen molar-refractivity contribution >= 4 is 34.5 Å². The quantitative estimate of drug-likeness (QED) is 0.204. The number of fused-ring (bicyclic) bond motifs is 1. The van der Waals surface area contributed by atoms with E-state index in [-0.39, 0.29) is 0 Å². The summed E-state index contributed by atoms with van der Waals surface area (Å²) in [6.07, 6.45) is 3.71. The minimum Gasteiger partial charge on any atom is -0.488 e. The van der Waals surface area contributed by atoms with Crippen LogP contribution in [0.15, 0.2) is 84.1 Å². The zero-order valence-corrected chi connectivity index (χ0v) is 17.1. The molecule has 5 N–H and O–H groups in total. The smallest absolute Gasteiger partial charge is 0.300 e. The first-order chi connectivity index (χ1) is 15.0. The Morgan fingerprint density at radius 2 is 1.81 bits per heavy atom. The summed E-state index contributed by atoms with van der Waals surface area (Å²) in [6, 6.07) is 23.5. The number of hydrazone groups is 1. The fourth-order valence-corrected chi connectivity index (χ4v) is 2.87. The molecule has 0 radical (unpaired) electrons. The number of carbonyl (C=O) groups is 1. The molecular formula is C24H24N4O3. The first kappa shape index (κ1) is 21.4. The first-order valence-corrected chi connectivity index (χ1v) is 9.64. The zero-order valence-electron chi connectivity index (χ0n) is 17.1. The molecule has 0 aliphatic rings. The lowest BCUT2D eigenvalue weighted by Gasteiger charge is -2.08. The van der Waals surface area contributed by atoms with Gasteiger partial charge in [0.05, 0.1) is 17.3 Å². The molecule has 0 fully saturated rings. The maximum Gasteiger partial charge on any atom is 0.300 e. The summed E-state index contributed by atoms with van der Waals surface area (Å²) in [4.78, 5) is 12.3. The van der Waals surface area contributed by atoms with Crippen LogP contribution in [0.4, 0.5) is 11.4 Å². The van der Waals surface area contributed by atoms with E-state index in [2.05, 4.69) is 27.6 Å². The van der Waals surface area contributed by atoms with Crippen molar-refractivity contribution < 1.29 is 14.6 Å². The van der Waals surface area contributed by atoms with Crippen LogP contribution in [-0.4, -0.2) is 22.3 Å². The van der Waals surface area contributed by atoms with Gasteiger partial charge in [-0.05, 0) is 42.0 Å². The van der Waals surface area contributed by atoms with Gasteiger partial charge >= 0.3 is 0 Å². The van der Waals surface area contributed by atoms with Crippen LogP contribution in [0.1, 0.15) is 18.1 Å². The third kappa shape index (κ3) is 6.37.